The van der Waals surface area contributed by atoms with Crippen molar-refractivity contribution < 1.29 is 35.5 Å². The van der Waals surface area contributed by atoms with Gasteiger partial charge in [-0.15, -0.1) is 0 Å². The van der Waals surface area contributed by atoms with Gasteiger partial charge in [-0.2, -0.15) is 8.78 Å². The Morgan fingerprint density at radius 3 is 2.61 bits per heavy atom. The van der Waals surface area contributed by atoms with Crippen molar-refractivity contribution in [3.63, 3.8) is 0 Å². The van der Waals surface area contributed by atoms with Crippen LogP contribution in [-0.2, 0) is 16.4 Å². The second-order valence-electron chi connectivity index (χ2n) is 9.68. The molecule has 5 rings (SSSR count). The first kappa shape index (κ1) is 24.8. The summed E-state index contributed by atoms with van der Waals surface area (Å²) in [5.74, 6) is -5.40. The van der Waals surface area contributed by atoms with Crippen LogP contribution in [0.4, 0.5) is 22.4 Å². The van der Waals surface area contributed by atoms with Crippen LogP contribution in [0.3, 0.4) is 0 Å². The summed E-state index contributed by atoms with van der Waals surface area (Å²) in [5, 5.41) is 0. The quantitative estimate of drug-likeness (QED) is 0.619. The van der Waals surface area contributed by atoms with Crippen LogP contribution in [0.2, 0.25) is 0 Å². The Bertz CT molecular complexity index is 1300. The molecular formula is C24H25F4N3O4S. The predicted molar refractivity (Wildman–Crippen MR) is 123 cm³/mol. The van der Waals surface area contributed by atoms with Crippen molar-refractivity contribution in [2.24, 2.45) is 5.41 Å². The van der Waals surface area contributed by atoms with Crippen LogP contribution >= 0.6 is 0 Å². The monoisotopic (exact) mass is 527 g/mol. The van der Waals surface area contributed by atoms with E-state index < -0.39 is 50.9 Å². The summed E-state index contributed by atoms with van der Waals surface area (Å²) in [6.07, 6.45) is 1.35. The minimum absolute atomic E-state index is 0.0658. The summed E-state index contributed by atoms with van der Waals surface area (Å²) in [6, 6.07) is 6.58. The standard InChI is InChI=1S/C24H25F4N3O4S/c1-30-7-8-35-20-17(11-16(25)12-18(20)26)15-4-2-3-14(9-15)10-19-21(29-36(33,34)22(27)28)24(5-6-24)13-31(19)23(30)32/h2-4,9,11-12,19,21-22,29H,5-8,10,13H2,1H3/t19-,21+/m0/s1. The van der Waals surface area contributed by atoms with E-state index in [9.17, 15) is 30.8 Å². The maximum Gasteiger partial charge on any atom is 0.350 e. The summed E-state index contributed by atoms with van der Waals surface area (Å²) in [5.41, 5.74) is 0.689. The molecule has 2 heterocycles. The van der Waals surface area contributed by atoms with Crippen LogP contribution in [0, 0.1) is 17.0 Å². The van der Waals surface area contributed by atoms with Crippen LogP contribution in [-0.4, -0.2) is 68.8 Å². The van der Waals surface area contributed by atoms with Gasteiger partial charge in [-0.05, 0) is 36.5 Å². The fraction of sp³-hybridized carbons (Fsp3) is 0.458. The van der Waals surface area contributed by atoms with Gasteiger partial charge in [0.2, 0.25) is 0 Å². The fourth-order valence-corrected chi connectivity index (χ4v) is 6.13. The minimum atomic E-state index is -4.91. The molecule has 1 saturated heterocycles. The van der Waals surface area contributed by atoms with Crippen LogP contribution in [0.15, 0.2) is 36.4 Å². The zero-order valence-corrected chi connectivity index (χ0v) is 20.2. The number of hydrogen-bond acceptors (Lipinski definition) is 4. The molecular weight excluding hydrogens is 502 g/mol. The fourth-order valence-electron chi connectivity index (χ4n) is 5.27. The van der Waals surface area contributed by atoms with Crippen LogP contribution < -0.4 is 9.46 Å². The molecule has 2 bridgehead atoms. The Labute approximate surface area is 206 Å². The highest BCUT2D eigenvalue weighted by Crippen LogP contribution is 2.56. The van der Waals surface area contributed by atoms with E-state index in [4.69, 9.17) is 4.74 Å². The number of benzene rings is 2. The van der Waals surface area contributed by atoms with Crippen LogP contribution in [0.25, 0.3) is 11.1 Å². The van der Waals surface area contributed by atoms with Crippen molar-refractivity contribution in [2.45, 2.75) is 37.1 Å². The number of rotatable bonds is 3. The lowest BCUT2D eigenvalue weighted by Crippen LogP contribution is -2.52. The Hall–Kier alpha value is -2.86. The van der Waals surface area contributed by atoms with E-state index in [0.29, 0.717) is 24.0 Å². The van der Waals surface area contributed by atoms with Gasteiger partial charge in [-0.25, -0.2) is 26.7 Å². The third kappa shape index (κ3) is 4.40. The van der Waals surface area contributed by atoms with E-state index in [-0.39, 0.29) is 37.4 Å². The molecule has 0 aromatic heterocycles. The maximum absolute atomic E-state index is 14.6. The molecule has 2 atom stereocenters. The highest BCUT2D eigenvalue weighted by atomic mass is 32.2. The normalized spacial score (nSPS) is 23.4. The number of ether oxygens (including phenoxy) is 1. The molecule has 194 valence electrons. The van der Waals surface area contributed by atoms with Gasteiger partial charge in [0.25, 0.3) is 10.0 Å². The molecule has 3 aliphatic rings. The molecule has 12 heteroatoms. The summed E-state index contributed by atoms with van der Waals surface area (Å²) in [4.78, 5) is 16.3. The lowest BCUT2D eigenvalue weighted by molar-refractivity contribution is 0.146. The average Bonchev–Trinajstić information content (AvgIpc) is 3.54. The van der Waals surface area contributed by atoms with E-state index in [1.54, 1.807) is 24.3 Å². The van der Waals surface area contributed by atoms with Crippen molar-refractivity contribution in [3.8, 4) is 16.9 Å². The van der Waals surface area contributed by atoms with Crippen LogP contribution in [0.5, 0.6) is 5.75 Å². The first-order valence-electron chi connectivity index (χ1n) is 11.5. The van der Waals surface area contributed by atoms with Gasteiger partial charge >= 0.3 is 11.8 Å². The number of carbonyl (C=O) groups is 1. The van der Waals surface area contributed by atoms with Crippen molar-refractivity contribution in [1.29, 1.82) is 0 Å². The van der Waals surface area contributed by atoms with Gasteiger partial charge in [-0.1, -0.05) is 24.3 Å². The number of carbonyl (C=O) groups excluding carboxylic acids is 1. The molecule has 1 N–H and O–H groups in total. The first-order valence-corrected chi connectivity index (χ1v) is 13.1. The number of nitrogens with zero attached hydrogens (tertiary/aromatic N) is 2. The van der Waals surface area contributed by atoms with Crippen molar-refractivity contribution >= 4 is 16.1 Å². The van der Waals surface area contributed by atoms with Crippen molar-refractivity contribution in [2.75, 3.05) is 26.7 Å². The molecule has 1 aliphatic carbocycles. The number of urea groups is 1. The maximum atomic E-state index is 14.6. The molecule has 1 saturated carbocycles. The number of likely N-dealkylation sites (N-methyl/N-ethyl adjacent to an activating group) is 1. The SMILES string of the molecule is CN1CCOc2c(F)cc(F)cc2-c2cccc(c2)C[C@H]2[C@@H](NS(=O)(=O)C(F)F)C3(CC3)CN2C1=O. The van der Waals surface area contributed by atoms with E-state index in [1.165, 1.54) is 16.8 Å². The molecule has 7 nitrogen and oxygen atoms in total. The molecule has 2 aromatic rings. The topological polar surface area (TPSA) is 79.0 Å². The van der Waals surface area contributed by atoms with Crippen molar-refractivity contribution in [1.82, 2.24) is 14.5 Å². The number of alkyl halides is 2. The van der Waals surface area contributed by atoms with E-state index in [0.717, 1.165) is 12.1 Å². The highest BCUT2D eigenvalue weighted by molar-refractivity contribution is 7.89. The molecule has 2 amide bonds. The second kappa shape index (κ2) is 8.91. The number of nitrogens with one attached hydrogen (secondary N) is 1. The largest absolute Gasteiger partial charge is 0.488 e. The third-order valence-electron chi connectivity index (χ3n) is 7.28. The molecule has 2 fully saturated rings. The van der Waals surface area contributed by atoms with Gasteiger partial charge in [-0.3, -0.25) is 0 Å². The Morgan fingerprint density at radius 1 is 1.17 bits per heavy atom. The molecule has 1 spiro atoms. The predicted octanol–water partition coefficient (Wildman–Crippen LogP) is 3.59. The van der Waals surface area contributed by atoms with Gasteiger partial charge in [0, 0.05) is 30.6 Å². The molecule has 0 unspecified atom stereocenters. The number of amides is 2. The summed E-state index contributed by atoms with van der Waals surface area (Å²) < 4.78 is 87.5. The number of sulfonamides is 1. The van der Waals surface area contributed by atoms with Gasteiger partial charge in [0.05, 0.1) is 18.6 Å². The molecule has 2 aromatic carbocycles. The lowest BCUT2D eigenvalue weighted by atomic mass is 9.91. The van der Waals surface area contributed by atoms with E-state index in [2.05, 4.69) is 4.72 Å². The Morgan fingerprint density at radius 2 is 1.92 bits per heavy atom. The highest BCUT2D eigenvalue weighted by Gasteiger charge is 2.62. The Kier molecular flexibility index (Phi) is 6.14. The lowest BCUT2D eigenvalue weighted by Gasteiger charge is -2.32. The minimum Gasteiger partial charge on any atom is -0.488 e. The average molecular weight is 528 g/mol. The van der Waals surface area contributed by atoms with Crippen LogP contribution in [0.1, 0.15) is 18.4 Å². The molecule has 2 aliphatic heterocycles. The van der Waals surface area contributed by atoms with E-state index >= 15 is 0 Å². The number of halogens is 4. The first-order chi connectivity index (χ1) is 17.0. The second-order valence-corrected chi connectivity index (χ2v) is 11.4. The van der Waals surface area contributed by atoms with Gasteiger partial charge in [0.15, 0.2) is 11.6 Å². The smallest absolute Gasteiger partial charge is 0.350 e. The van der Waals surface area contributed by atoms with Crippen molar-refractivity contribution in [3.05, 3.63) is 53.6 Å². The third-order valence-corrected chi connectivity index (χ3v) is 8.34. The Balaban J connectivity index is 1.60. The van der Waals surface area contributed by atoms with Gasteiger partial charge in [0.1, 0.15) is 12.4 Å². The zero-order chi connectivity index (χ0) is 25.8. The van der Waals surface area contributed by atoms with E-state index in [1.807, 2.05) is 0 Å². The summed E-state index contributed by atoms with van der Waals surface area (Å²) in [7, 11) is -3.38. The summed E-state index contributed by atoms with van der Waals surface area (Å²) >= 11 is 0. The summed E-state index contributed by atoms with van der Waals surface area (Å²) in [6.45, 7) is 0.205. The zero-order valence-electron chi connectivity index (χ0n) is 19.4. The van der Waals surface area contributed by atoms with Gasteiger partial charge < -0.3 is 14.5 Å². The number of hydrogen-bond donors (Lipinski definition) is 1. The number of fused-ring (bicyclic) bond motifs is 5. The molecule has 0 radical (unpaired) electrons. The molecule has 36 heavy (non-hydrogen) atoms.